The van der Waals surface area contributed by atoms with Crippen LogP contribution in [0.3, 0.4) is 0 Å². The zero-order chi connectivity index (χ0) is 9.84. The summed E-state index contributed by atoms with van der Waals surface area (Å²) in [6.07, 6.45) is 0.842. The van der Waals surface area contributed by atoms with Crippen LogP contribution in [0.4, 0.5) is 13.2 Å². The fourth-order valence-electron chi connectivity index (χ4n) is 0.717. The third kappa shape index (κ3) is 2.87. The van der Waals surface area contributed by atoms with Gasteiger partial charge in [-0.25, -0.2) is 9.37 Å². The van der Waals surface area contributed by atoms with Gasteiger partial charge in [0.1, 0.15) is 5.82 Å². The third-order valence-electron chi connectivity index (χ3n) is 1.26. The van der Waals surface area contributed by atoms with E-state index in [9.17, 15) is 13.2 Å². The molecule has 0 spiro atoms. The highest BCUT2D eigenvalue weighted by atomic mass is 79.9. The van der Waals surface area contributed by atoms with Crippen molar-refractivity contribution >= 4 is 15.9 Å². The van der Waals surface area contributed by atoms with Crippen molar-refractivity contribution in [2.75, 3.05) is 0 Å². The van der Waals surface area contributed by atoms with Crippen LogP contribution in [0.1, 0.15) is 5.56 Å². The number of pyridine rings is 1. The van der Waals surface area contributed by atoms with Crippen LogP contribution in [0, 0.1) is 5.82 Å². The molecule has 0 aromatic carbocycles. The monoisotopic (exact) mass is 255 g/mol. The van der Waals surface area contributed by atoms with E-state index in [1.54, 1.807) is 0 Å². The molecule has 0 aliphatic carbocycles. The lowest BCUT2D eigenvalue weighted by molar-refractivity contribution is -0.0529. The molecule has 6 heteroatoms. The van der Waals surface area contributed by atoms with Crippen LogP contribution >= 0.6 is 15.9 Å². The first-order valence-corrected chi connectivity index (χ1v) is 4.41. The summed E-state index contributed by atoms with van der Waals surface area (Å²) in [6, 6.07) is 1.12. The van der Waals surface area contributed by atoms with E-state index in [1.165, 1.54) is 0 Å². The highest BCUT2D eigenvalue weighted by molar-refractivity contribution is 9.08. The molecule has 1 heterocycles. The SMILES string of the molecule is Fc1cnc(OC(F)F)cc1CBr. The highest BCUT2D eigenvalue weighted by Gasteiger charge is 2.08. The van der Waals surface area contributed by atoms with Crippen molar-refractivity contribution in [3.05, 3.63) is 23.6 Å². The van der Waals surface area contributed by atoms with Crippen molar-refractivity contribution < 1.29 is 17.9 Å². The van der Waals surface area contributed by atoms with Crippen LogP contribution in [0.25, 0.3) is 0 Å². The van der Waals surface area contributed by atoms with Crippen LogP contribution in [-0.4, -0.2) is 11.6 Å². The van der Waals surface area contributed by atoms with E-state index in [1.807, 2.05) is 0 Å². The van der Waals surface area contributed by atoms with Gasteiger partial charge >= 0.3 is 6.61 Å². The lowest BCUT2D eigenvalue weighted by Crippen LogP contribution is -2.04. The minimum atomic E-state index is -2.94. The van der Waals surface area contributed by atoms with Crippen LogP contribution in [0.2, 0.25) is 0 Å². The fraction of sp³-hybridized carbons (Fsp3) is 0.286. The maximum atomic E-state index is 12.8. The Balaban J connectivity index is 2.86. The number of hydrogen-bond acceptors (Lipinski definition) is 2. The quantitative estimate of drug-likeness (QED) is 0.775. The van der Waals surface area contributed by atoms with Crippen molar-refractivity contribution in [1.29, 1.82) is 0 Å². The second kappa shape index (κ2) is 4.45. The molecule has 1 aromatic heterocycles. The minimum absolute atomic E-state index is 0.223. The van der Waals surface area contributed by atoms with Crippen molar-refractivity contribution in [2.24, 2.45) is 0 Å². The van der Waals surface area contributed by atoms with Gasteiger partial charge in [0.2, 0.25) is 5.88 Å². The number of ether oxygens (including phenoxy) is 1. The van der Waals surface area contributed by atoms with Crippen molar-refractivity contribution in [1.82, 2.24) is 4.98 Å². The first kappa shape index (κ1) is 10.3. The van der Waals surface area contributed by atoms with Gasteiger partial charge in [0.15, 0.2) is 0 Å². The van der Waals surface area contributed by atoms with E-state index in [0.29, 0.717) is 0 Å². The van der Waals surface area contributed by atoms with E-state index in [4.69, 9.17) is 0 Å². The van der Waals surface area contributed by atoms with Crippen molar-refractivity contribution in [3.8, 4) is 5.88 Å². The zero-order valence-electron chi connectivity index (χ0n) is 6.31. The molecular weight excluding hydrogens is 251 g/mol. The molecule has 2 nitrogen and oxygen atoms in total. The summed E-state index contributed by atoms with van der Waals surface area (Å²) >= 11 is 3.00. The maximum Gasteiger partial charge on any atom is 0.388 e. The molecule has 0 fully saturated rings. The van der Waals surface area contributed by atoms with Crippen LogP contribution in [0.15, 0.2) is 12.3 Å². The molecule has 0 atom stereocenters. The first-order chi connectivity index (χ1) is 6.13. The van der Waals surface area contributed by atoms with Gasteiger partial charge in [0.25, 0.3) is 0 Å². The second-order valence-corrected chi connectivity index (χ2v) is 2.69. The Morgan fingerprint density at radius 1 is 1.54 bits per heavy atom. The number of nitrogens with zero attached hydrogens (tertiary/aromatic N) is 1. The summed E-state index contributed by atoms with van der Waals surface area (Å²) in [7, 11) is 0. The molecule has 0 unspecified atom stereocenters. The third-order valence-corrected chi connectivity index (χ3v) is 1.87. The largest absolute Gasteiger partial charge is 0.417 e. The predicted molar refractivity (Wildman–Crippen MR) is 43.5 cm³/mol. The van der Waals surface area contributed by atoms with Crippen LogP contribution < -0.4 is 4.74 Å². The summed E-state index contributed by atoms with van der Waals surface area (Å²) in [6.45, 7) is -2.94. The number of hydrogen-bond donors (Lipinski definition) is 0. The molecule has 1 aromatic rings. The summed E-state index contributed by atoms with van der Waals surface area (Å²) in [5.41, 5.74) is 0.227. The van der Waals surface area contributed by atoms with Gasteiger partial charge in [-0.1, -0.05) is 15.9 Å². The lowest BCUT2D eigenvalue weighted by Gasteiger charge is -2.04. The standard InChI is InChI=1S/C7H5BrF3NO/c8-2-4-1-6(13-7(10)11)12-3-5(4)9/h1,3,7H,2H2. The summed E-state index contributed by atoms with van der Waals surface area (Å²) < 4.78 is 40.1. The molecule has 13 heavy (non-hydrogen) atoms. The van der Waals surface area contributed by atoms with E-state index < -0.39 is 12.4 Å². The van der Waals surface area contributed by atoms with E-state index in [2.05, 4.69) is 25.7 Å². The van der Waals surface area contributed by atoms with Gasteiger partial charge in [-0.2, -0.15) is 8.78 Å². The molecule has 0 bridgehead atoms. The molecular formula is C7H5BrF3NO. The average molecular weight is 256 g/mol. The Morgan fingerprint density at radius 3 is 2.77 bits per heavy atom. The van der Waals surface area contributed by atoms with Crippen molar-refractivity contribution in [2.45, 2.75) is 11.9 Å². The van der Waals surface area contributed by atoms with E-state index in [-0.39, 0.29) is 16.8 Å². The molecule has 0 saturated carbocycles. The predicted octanol–water partition coefficient (Wildman–Crippen LogP) is 2.72. The molecule has 0 aliphatic rings. The topological polar surface area (TPSA) is 22.1 Å². The Bertz CT molecular complexity index is 295. The molecule has 1 rings (SSSR count). The van der Waals surface area contributed by atoms with Crippen LogP contribution in [-0.2, 0) is 5.33 Å². The van der Waals surface area contributed by atoms with Gasteiger partial charge < -0.3 is 4.74 Å². The molecule has 0 saturated heterocycles. The van der Waals surface area contributed by atoms with Gasteiger partial charge in [-0.3, -0.25) is 0 Å². The second-order valence-electron chi connectivity index (χ2n) is 2.13. The highest BCUT2D eigenvalue weighted by Crippen LogP contribution is 2.17. The number of alkyl halides is 3. The Hall–Kier alpha value is -0.780. The summed E-state index contributed by atoms with van der Waals surface area (Å²) in [5, 5.41) is 0.223. The number of aromatic nitrogens is 1. The normalized spacial score (nSPS) is 10.5. The smallest absolute Gasteiger partial charge is 0.388 e. The first-order valence-electron chi connectivity index (χ1n) is 3.28. The zero-order valence-corrected chi connectivity index (χ0v) is 7.89. The van der Waals surface area contributed by atoms with Crippen molar-refractivity contribution in [3.63, 3.8) is 0 Å². The van der Waals surface area contributed by atoms with Gasteiger partial charge in [0, 0.05) is 17.0 Å². The van der Waals surface area contributed by atoms with E-state index >= 15 is 0 Å². The molecule has 0 radical (unpaired) electrons. The lowest BCUT2D eigenvalue weighted by atomic mass is 10.3. The van der Waals surface area contributed by atoms with Gasteiger partial charge in [-0.05, 0) is 0 Å². The minimum Gasteiger partial charge on any atom is -0.417 e. The molecule has 0 amide bonds. The number of halogens is 4. The summed E-state index contributed by atoms with van der Waals surface area (Å²) in [5.74, 6) is -0.843. The Morgan fingerprint density at radius 2 is 2.23 bits per heavy atom. The molecule has 0 N–H and O–H groups in total. The summed E-state index contributed by atoms with van der Waals surface area (Å²) in [4.78, 5) is 3.33. The maximum absolute atomic E-state index is 12.8. The number of rotatable bonds is 3. The molecule has 0 aliphatic heterocycles. The van der Waals surface area contributed by atoms with Gasteiger partial charge in [0.05, 0.1) is 6.20 Å². The Kier molecular flexibility index (Phi) is 3.53. The molecule has 72 valence electrons. The Labute approximate surface area is 80.9 Å². The van der Waals surface area contributed by atoms with Crippen LogP contribution in [0.5, 0.6) is 5.88 Å². The average Bonchev–Trinajstić information content (AvgIpc) is 2.07. The fourth-order valence-corrected chi connectivity index (χ4v) is 1.15. The van der Waals surface area contributed by atoms with Gasteiger partial charge in [-0.15, -0.1) is 0 Å². The van der Waals surface area contributed by atoms with E-state index in [0.717, 1.165) is 12.3 Å².